The van der Waals surface area contributed by atoms with Crippen molar-refractivity contribution in [3.8, 4) is 0 Å². The van der Waals surface area contributed by atoms with Crippen LogP contribution in [0.1, 0.15) is 45.4 Å². The summed E-state index contributed by atoms with van der Waals surface area (Å²) in [5.41, 5.74) is 0. The summed E-state index contributed by atoms with van der Waals surface area (Å²) in [6.45, 7) is 2.30. The molecule has 5 nitrogen and oxygen atoms in total. The molecule has 1 amide bonds. The molecule has 0 fully saturated rings. The third-order valence-corrected chi connectivity index (χ3v) is 3.73. The average Bonchev–Trinajstić information content (AvgIpc) is 2.70. The van der Waals surface area contributed by atoms with E-state index in [1.165, 1.54) is 0 Å². The molecule has 2 atom stereocenters. The van der Waals surface area contributed by atoms with Crippen LogP contribution in [0, 0.1) is 0 Å². The Morgan fingerprint density at radius 2 is 1.45 bits per heavy atom. The van der Waals surface area contributed by atoms with E-state index in [9.17, 15) is 15.0 Å². The highest BCUT2D eigenvalue weighted by atomic mass is 16.3. The van der Waals surface area contributed by atoms with Crippen LogP contribution in [0.5, 0.6) is 0 Å². The molecule has 0 spiro atoms. The molecular weight excluding hydrogens is 366 g/mol. The zero-order valence-corrected chi connectivity index (χ0v) is 17.5. The van der Waals surface area contributed by atoms with Crippen LogP contribution in [0.15, 0.2) is 72.9 Å². The molecule has 0 aromatic carbocycles. The second-order valence-electron chi connectivity index (χ2n) is 6.43. The summed E-state index contributed by atoms with van der Waals surface area (Å²) in [5.74, 6) is -0.0841. The Hall–Kier alpha value is -2.21. The van der Waals surface area contributed by atoms with Crippen molar-refractivity contribution in [2.45, 2.75) is 57.7 Å². The van der Waals surface area contributed by atoms with Gasteiger partial charge in [0, 0.05) is 13.0 Å². The van der Waals surface area contributed by atoms with E-state index in [1.54, 1.807) is 12.2 Å². The second kappa shape index (κ2) is 20.5. The van der Waals surface area contributed by atoms with Gasteiger partial charge in [0.05, 0.1) is 18.8 Å². The van der Waals surface area contributed by atoms with E-state index < -0.39 is 12.2 Å². The van der Waals surface area contributed by atoms with Crippen LogP contribution in [-0.4, -0.2) is 46.6 Å². The molecular formula is C24H37NO4. The molecule has 162 valence electrons. The molecule has 0 saturated carbocycles. The lowest BCUT2D eigenvalue weighted by molar-refractivity contribution is -0.121. The van der Waals surface area contributed by atoms with Gasteiger partial charge in [0.15, 0.2) is 0 Å². The summed E-state index contributed by atoms with van der Waals surface area (Å²) in [4.78, 5) is 11.3. The SMILES string of the molecule is CC/C=C\C[C@H](O)/C=C/C=C\C/C=C\C=C\[C@H](O)C/C=C\CCC(=O)NCCO. The molecule has 4 N–H and O–H groups in total. The zero-order valence-electron chi connectivity index (χ0n) is 17.5. The molecule has 0 rings (SSSR count). The maximum absolute atomic E-state index is 11.3. The minimum atomic E-state index is -0.555. The van der Waals surface area contributed by atoms with E-state index >= 15 is 0 Å². The van der Waals surface area contributed by atoms with Crippen molar-refractivity contribution in [3.05, 3.63) is 72.9 Å². The molecule has 0 aliphatic carbocycles. The maximum Gasteiger partial charge on any atom is 0.220 e. The van der Waals surface area contributed by atoms with Crippen molar-refractivity contribution >= 4 is 5.91 Å². The van der Waals surface area contributed by atoms with Crippen LogP contribution in [-0.2, 0) is 4.79 Å². The van der Waals surface area contributed by atoms with Gasteiger partial charge in [-0.15, -0.1) is 0 Å². The molecule has 0 radical (unpaired) electrons. The van der Waals surface area contributed by atoms with E-state index in [-0.39, 0.29) is 19.1 Å². The Bertz CT molecular complexity index is 573. The fraction of sp³-hybridized carbons (Fsp3) is 0.458. The van der Waals surface area contributed by atoms with Crippen LogP contribution >= 0.6 is 0 Å². The first-order valence-electron chi connectivity index (χ1n) is 10.3. The van der Waals surface area contributed by atoms with Crippen LogP contribution < -0.4 is 5.32 Å². The molecule has 5 heteroatoms. The minimum absolute atomic E-state index is 0.0524. The summed E-state index contributed by atoms with van der Waals surface area (Å²) in [5, 5.41) is 30.7. The van der Waals surface area contributed by atoms with E-state index in [4.69, 9.17) is 5.11 Å². The van der Waals surface area contributed by atoms with Gasteiger partial charge >= 0.3 is 0 Å². The Morgan fingerprint density at radius 1 is 0.862 bits per heavy atom. The molecule has 0 unspecified atom stereocenters. The Balaban J connectivity index is 3.85. The van der Waals surface area contributed by atoms with Crippen molar-refractivity contribution in [2.75, 3.05) is 13.2 Å². The largest absolute Gasteiger partial charge is 0.395 e. The zero-order chi connectivity index (χ0) is 21.6. The van der Waals surface area contributed by atoms with Gasteiger partial charge in [-0.2, -0.15) is 0 Å². The van der Waals surface area contributed by atoms with Gasteiger partial charge in [-0.05, 0) is 32.1 Å². The number of carbonyl (C=O) groups is 1. The molecule has 0 heterocycles. The van der Waals surface area contributed by atoms with Crippen LogP contribution in [0.25, 0.3) is 0 Å². The summed E-state index contributed by atoms with van der Waals surface area (Å²) in [7, 11) is 0. The van der Waals surface area contributed by atoms with E-state index in [0.29, 0.717) is 25.7 Å². The number of hydrogen-bond acceptors (Lipinski definition) is 4. The van der Waals surface area contributed by atoms with E-state index in [1.807, 2.05) is 60.8 Å². The third kappa shape index (κ3) is 20.3. The number of rotatable bonds is 16. The predicted octanol–water partition coefficient (Wildman–Crippen LogP) is 3.51. The molecule has 29 heavy (non-hydrogen) atoms. The van der Waals surface area contributed by atoms with Gasteiger partial charge in [0.2, 0.25) is 5.91 Å². The number of nitrogens with one attached hydrogen (secondary N) is 1. The highest BCUT2D eigenvalue weighted by Crippen LogP contribution is 2.00. The predicted molar refractivity (Wildman–Crippen MR) is 120 cm³/mol. The number of amides is 1. The molecule has 0 bridgehead atoms. The molecule has 0 aliphatic rings. The lowest BCUT2D eigenvalue weighted by Crippen LogP contribution is -2.25. The first-order chi connectivity index (χ1) is 14.1. The van der Waals surface area contributed by atoms with Gasteiger partial charge in [0.25, 0.3) is 0 Å². The lowest BCUT2D eigenvalue weighted by Gasteiger charge is -2.01. The van der Waals surface area contributed by atoms with Crippen molar-refractivity contribution in [3.63, 3.8) is 0 Å². The Morgan fingerprint density at radius 3 is 2.00 bits per heavy atom. The molecule has 0 aliphatic heterocycles. The quantitative estimate of drug-likeness (QED) is 0.234. The Labute approximate surface area is 175 Å². The third-order valence-electron chi connectivity index (χ3n) is 3.73. The fourth-order valence-corrected chi connectivity index (χ4v) is 2.19. The molecule has 0 aromatic rings. The smallest absolute Gasteiger partial charge is 0.220 e. The Kier molecular flexibility index (Phi) is 19.0. The maximum atomic E-state index is 11.3. The van der Waals surface area contributed by atoms with Crippen molar-refractivity contribution in [1.29, 1.82) is 0 Å². The van der Waals surface area contributed by atoms with Gasteiger partial charge in [-0.25, -0.2) is 0 Å². The fourth-order valence-electron chi connectivity index (χ4n) is 2.19. The first kappa shape index (κ1) is 26.8. The first-order valence-corrected chi connectivity index (χ1v) is 10.3. The normalized spacial score (nSPS) is 15.0. The van der Waals surface area contributed by atoms with Gasteiger partial charge < -0.3 is 20.6 Å². The number of allylic oxidation sites excluding steroid dienone is 8. The van der Waals surface area contributed by atoms with Crippen molar-refractivity contribution < 1.29 is 20.1 Å². The topological polar surface area (TPSA) is 89.8 Å². The average molecular weight is 404 g/mol. The molecule has 0 saturated heterocycles. The van der Waals surface area contributed by atoms with Crippen LogP contribution in [0.2, 0.25) is 0 Å². The standard InChI is InChI=1S/C24H37NO4/c1-2-3-10-15-22(27)16-11-7-5-4-6-8-12-17-23(28)18-13-9-14-19-24(29)25-20-21-26/h3,5-13,16-17,22-23,26-28H,2,4,14-15,18-21H2,1H3,(H,25,29)/b7-5-,8-6-,10-3-,13-9-,16-11+,17-12+/t22-,23-/m0/s1. The summed E-state index contributed by atoms with van der Waals surface area (Å²) in [6, 6.07) is 0. The minimum Gasteiger partial charge on any atom is -0.395 e. The number of aliphatic hydroxyl groups is 3. The van der Waals surface area contributed by atoms with Gasteiger partial charge in [-0.1, -0.05) is 79.8 Å². The van der Waals surface area contributed by atoms with E-state index in [0.717, 1.165) is 12.8 Å². The number of aliphatic hydroxyl groups excluding tert-OH is 3. The number of carbonyl (C=O) groups excluding carboxylic acids is 1. The number of hydrogen-bond donors (Lipinski definition) is 4. The van der Waals surface area contributed by atoms with Crippen LogP contribution in [0.3, 0.4) is 0 Å². The summed E-state index contributed by atoms with van der Waals surface area (Å²) >= 11 is 0. The van der Waals surface area contributed by atoms with Gasteiger partial charge in [-0.3, -0.25) is 4.79 Å². The van der Waals surface area contributed by atoms with Crippen molar-refractivity contribution in [1.82, 2.24) is 5.32 Å². The van der Waals surface area contributed by atoms with Crippen LogP contribution in [0.4, 0.5) is 0 Å². The summed E-state index contributed by atoms with van der Waals surface area (Å²) < 4.78 is 0. The lowest BCUT2D eigenvalue weighted by atomic mass is 10.2. The van der Waals surface area contributed by atoms with E-state index in [2.05, 4.69) is 12.2 Å². The monoisotopic (exact) mass is 403 g/mol. The molecule has 0 aromatic heterocycles. The highest BCUT2D eigenvalue weighted by molar-refractivity contribution is 5.75. The van der Waals surface area contributed by atoms with Crippen molar-refractivity contribution in [2.24, 2.45) is 0 Å². The second-order valence-corrected chi connectivity index (χ2v) is 6.43. The highest BCUT2D eigenvalue weighted by Gasteiger charge is 1.98. The summed E-state index contributed by atoms with van der Waals surface area (Å²) in [6.07, 6.45) is 25.6. The van der Waals surface area contributed by atoms with Gasteiger partial charge in [0.1, 0.15) is 0 Å².